The smallest absolute Gasteiger partial charge is 0.223 e. The third-order valence-corrected chi connectivity index (χ3v) is 3.68. The van der Waals surface area contributed by atoms with E-state index in [4.69, 9.17) is 5.73 Å². The topological polar surface area (TPSA) is 55.1 Å². The number of carbonyl (C=O) groups is 1. The molecule has 0 aliphatic heterocycles. The number of benzene rings is 1. The predicted molar refractivity (Wildman–Crippen MR) is 78.5 cm³/mol. The summed E-state index contributed by atoms with van der Waals surface area (Å²) >= 11 is 1.69. The molecular formula is C14H22N2OS. The highest BCUT2D eigenvalue weighted by Gasteiger charge is 2.12. The number of amides is 1. The van der Waals surface area contributed by atoms with Crippen LogP contribution in [0.15, 0.2) is 30.3 Å². The van der Waals surface area contributed by atoms with Gasteiger partial charge in [-0.3, -0.25) is 4.79 Å². The highest BCUT2D eigenvalue weighted by atomic mass is 32.2. The summed E-state index contributed by atoms with van der Waals surface area (Å²) in [6.45, 7) is 2.58. The minimum Gasteiger partial charge on any atom is -0.356 e. The van der Waals surface area contributed by atoms with E-state index in [1.165, 1.54) is 0 Å². The maximum atomic E-state index is 11.7. The van der Waals surface area contributed by atoms with E-state index in [9.17, 15) is 4.79 Å². The second kappa shape index (κ2) is 8.16. The molecule has 0 aromatic heterocycles. The molecule has 0 saturated heterocycles. The second-order valence-electron chi connectivity index (χ2n) is 4.45. The van der Waals surface area contributed by atoms with Crippen LogP contribution < -0.4 is 11.1 Å². The summed E-state index contributed by atoms with van der Waals surface area (Å²) < 4.78 is 0. The van der Waals surface area contributed by atoms with Gasteiger partial charge in [0.05, 0.1) is 0 Å². The molecule has 0 radical (unpaired) electrons. The monoisotopic (exact) mass is 266 g/mol. The van der Waals surface area contributed by atoms with Crippen LogP contribution >= 0.6 is 11.8 Å². The van der Waals surface area contributed by atoms with E-state index in [1.807, 2.05) is 43.5 Å². The van der Waals surface area contributed by atoms with Crippen LogP contribution in [-0.4, -0.2) is 24.5 Å². The zero-order valence-electron chi connectivity index (χ0n) is 11.1. The van der Waals surface area contributed by atoms with Gasteiger partial charge < -0.3 is 11.1 Å². The Kier molecular flexibility index (Phi) is 6.83. The van der Waals surface area contributed by atoms with Gasteiger partial charge in [-0.15, -0.1) is 0 Å². The molecular weight excluding hydrogens is 244 g/mol. The third kappa shape index (κ3) is 5.10. The molecule has 2 unspecified atom stereocenters. The summed E-state index contributed by atoms with van der Waals surface area (Å²) in [6.07, 6.45) is 2.77. The van der Waals surface area contributed by atoms with Crippen molar-refractivity contribution < 1.29 is 4.79 Å². The highest BCUT2D eigenvalue weighted by Crippen LogP contribution is 2.12. The third-order valence-electron chi connectivity index (χ3n) is 2.85. The van der Waals surface area contributed by atoms with E-state index < -0.39 is 0 Å². The standard InChI is InChI=1S/C14H22N2OS/c1-11(10-18-2)14(17)16-9-8-13(15)12-6-4-3-5-7-12/h3-7,11,13H,8-10,15H2,1-2H3,(H,16,17). The Morgan fingerprint density at radius 1 is 1.39 bits per heavy atom. The molecule has 0 bridgehead atoms. The molecule has 3 N–H and O–H groups in total. The van der Waals surface area contributed by atoms with E-state index in [0.717, 1.165) is 17.7 Å². The van der Waals surface area contributed by atoms with Crippen molar-refractivity contribution in [2.24, 2.45) is 11.7 Å². The average molecular weight is 266 g/mol. The molecule has 0 fully saturated rings. The Morgan fingerprint density at radius 3 is 2.67 bits per heavy atom. The van der Waals surface area contributed by atoms with Gasteiger partial charge >= 0.3 is 0 Å². The van der Waals surface area contributed by atoms with E-state index in [0.29, 0.717) is 6.54 Å². The lowest BCUT2D eigenvalue weighted by Crippen LogP contribution is -2.32. The van der Waals surface area contributed by atoms with E-state index in [2.05, 4.69) is 5.32 Å². The van der Waals surface area contributed by atoms with Crippen LogP contribution in [0.4, 0.5) is 0 Å². The van der Waals surface area contributed by atoms with Gasteiger partial charge in [0, 0.05) is 24.3 Å². The molecule has 1 aromatic rings. The largest absolute Gasteiger partial charge is 0.356 e. The molecule has 1 amide bonds. The summed E-state index contributed by atoms with van der Waals surface area (Å²) in [5.74, 6) is 1.04. The van der Waals surface area contributed by atoms with Crippen molar-refractivity contribution in [3.8, 4) is 0 Å². The highest BCUT2D eigenvalue weighted by molar-refractivity contribution is 7.98. The van der Waals surface area contributed by atoms with Gasteiger partial charge in [0.2, 0.25) is 5.91 Å². The Labute approximate surface area is 114 Å². The van der Waals surface area contributed by atoms with Gasteiger partial charge in [0.1, 0.15) is 0 Å². The molecule has 3 nitrogen and oxygen atoms in total. The Balaban J connectivity index is 2.27. The molecule has 0 saturated carbocycles. The predicted octanol–water partition coefficient (Wildman–Crippen LogP) is 2.19. The minimum atomic E-state index is -0.0117. The molecule has 100 valence electrons. The molecule has 0 spiro atoms. The molecule has 0 aliphatic rings. The molecule has 1 aromatic carbocycles. The van der Waals surface area contributed by atoms with Gasteiger partial charge in [0.15, 0.2) is 0 Å². The van der Waals surface area contributed by atoms with Crippen molar-refractivity contribution >= 4 is 17.7 Å². The van der Waals surface area contributed by atoms with Crippen LogP contribution in [0.25, 0.3) is 0 Å². The summed E-state index contributed by atoms with van der Waals surface area (Å²) in [7, 11) is 0. The van der Waals surface area contributed by atoms with E-state index in [1.54, 1.807) is 11.8 Å². The van der Waals surface area contributed by atoms with Crippen molar-refractivity contribution in [2.75, 3.05) is 18.6 Å². The zero-order valence-corrected chi connectivity index (χ0v) is 11.9. The first-order valence-corrected chi connectivity index (χ1v) is 7.61. The van der Waals surface area contributed by atoms with Crippen LogP contribution in [0, 0.1) is 5.92 Å². The van der Waals surface area contributed by atoms with Gasteiger partial charge in [-0.1, -0.05) is 37.3 Å². The number of nitrogens with one attached hydrogen (secondary N) is 1. The number of rotatable bonds is 7. The summed E-state index contributed by atoms with van der Waals surface area (Å²) in [5, 5.41) is 2.94. The SMILES string of the molecule is CSCC(C)C(=O)NCCC(N)c1ccccc1. The maximum absolute atomic E-state index is 11.7. The van der Waals surface area contributed by atoms with Crippen LogP contribution in [0.3, 0.4) is 0 Å². The molecule has 18 heavy (non-hydrogen) atoms. The fraction of sp³-hybridized carbons (Fsp3) is 0.500. The Bertz CT molecular complexity index is 356. The summed E-state index contributed by atoms with van der Waals surface area (Å²) in [4.78, 5) is 11.7. The number of hydrogen-bond donors (Lipinski definition) is 2. The van der Waals surface area contributed by atoms with Crippen LogP contribution in [0.2, 0.25) is 0 Å². The lowest BCUT2D eigenvalue weighted by Gasteiger charge is -2.14. The zero-order chi connectivity index (χ0) is 13.4. The van der Waals surface area contributed by atoms with Gasteiger partial charge in [0.25, 0.3) is 0 Å². The first-order chi connectivity index (χ1) is 8.65. The van der Waals surface area contributed by atoms with Crippen molar-refractivity contribution in [1.29, 1.82) is 0 Å². The van der Waals surface area contributed by atoms with E-state index in [-0.39, 0.29) is 17.9 Å². The summed E-state index contributed by atoms with van der Waals surface area (Å²) in [6, 6.07) is 9.96. The Hall–Kier alpha value is -1.00. The number of carbonyl (C=O) groups excluding carboxylic acids is 1. The average Bonchev–Trinajstić information content (AvgIpc) is 2.39. The number of thioether (sulfide) groups is 1. The number of nitrogens with two attached hydrogens (primary N) is 1. The molecule has 0 aliphatic carbocycles. The number of hydrogen-bond acceptors (Lipinski definition) is 3. The first-order valence-electron chi connectivity index (χ1n) is 6.22. The summed E-state index contributed by atoms with van der Waals surface area (Å²) in [5.41, 5.74) is 7.18. The van der Waals surface area contributed by atoms with Gasteiger partial charge in [-0.05, 0) is 18.2 Å². The van der Waals surface area contributed by atoms with Crippen LogP contribution in [-0.2, 0) is 4.79 Å². The minimum absolute atomic E-state index is 0.0117. The lowest BCUT2D eigenvalue weighted by molar-refractivity contribution is -0.123. The van der Waals surface area contributed by atoms with Crippen molar-refractivity contribution in [3.63, 3.8) is 0 Å². The maximum Gasteiger partial charge on any atom is 0.223 e. The second-order valence-corrected chi connectivity index (χ2v) is 5.36. The fourth-order valence-electron chi connectivity index (χ4n) is 1.72. The van der Waals surface area contributed by atoms with Crippen molar-refractivity contribution in [3.05, 3.63) is 35.9 Å². The first kappa shape index (κ1) is 15.1. The fourth-order valence-corrected chi connectivity index (χ4v) is 2.37. The lowest BCUT2D eigenvalue weighted by atomic mass is 10.0. The van der Waals surface area contributed by atoms with Crippen molar-refractivity contribution in [2.45, 2.75) is 19.4 Å². The van der Waals surface area contributed by atoms with Gasteiger partial charge in [-0.2, -0.15) is 11.8 Å². The van der Waals surface area contributed by atoms with E-state index >= 15 is 0 Å². The molecule has 4 heteroatoms. The normalized spacial score (nSPS) is 13.9. The van der Waals surface area contributed by atoms with Crippen LogP contribution in [0.5, 0.6) is 0 Å². The van der Waals surface area contributed by atoms with Crippen LogP contribution in [0.1, 0.15) is 24.9 Å². The molecule has 2 atom stereocenters. The molecule has 0 heterocycles. The Morgan fingerprint density at radius 2 is 2.06 bits per heavy atom. The van der Waals surface area contributed by atoms with Gasteiger partial charge in [-0.25, -0.2) is 0 Å². The quantitative estimate of drug-likeness (QED) is 0.795. The van der Waals surface area contributed by atoms with Crippen molar-refractivity contribution in [1.82, 2.24) is 5.32 Å². The molecule has 1 rings (SSSR count).